The number of benzene rings is 4. The van der Waals surface area contributed by atoms with Gasteiger partial charge in [0.1, 0.15) is 29.3 Å². The van der Waals surface area contributed by atoms with E-state index in [4.69, 9.17) is 18.6 Å². The molecule has 4 aromatic carbocycles. The average molecular weight is 1310 g/mol. The van der Waals surface area contributed by atoms with Crippen LogP contribution in [0.1, 0.15) is 148 Å². The number of ether oxygens (including phenoxy) is 3. The number of hydrogen-bond acceptors (Lipinski definition) is 18. The number of aromatic hydroxyl groups is 1. The van der Waals surface area contributed by atoms with Crippen LogP contribution in [0, 0.1) is 6.92 Å². The average Bonchev–Trinajstić information content (AvgIpc) is 1.35. The van der Waals surface area contributed by atoms with Gasteiger partial charge in [-0.1, -0.05) is 12.1 Å². The number of aryl methyl sites for hydroxylation is 1. The van der Waals surface area contributed by atoms with Gasteiger partial charge in [-0.3, -0.25) is 29.0 Å². The highest BCUT2D eigenvalue weighted by Gasteiger charge is 2.40. The van der Waals surface area contributed by atoms with Crippen LogP contribution in [-0.4, -0.2) is 189 Å². The summed E-state index contributed by atoms with van der Waals surface area (Å²) >= 11 is 0. The molecule has 24 heteroatoms. The molecule has 11 rings (SSSR count). The molecular weight excluding hydrogens is 1210 g/mol. The topological polar surface area (TPSA) is 284 Å². The fraction of sp³-hybridized carbons (Fsp3) is 0.535. The molecule has 1 aromatic heterocycles. The van der Waals surface area contributed by atoms with E-state index in [2.05, 4.69) is 48.2 Å². The number of piperidine rings is 2. The second kappa shape index (κ2) is 29.9. The maximum Gasteiger partial charge on any atom is 0.410 e. The normalized spacial score (nSPS) is 18.9. The zero-order chi connectivity index (χ0) is 67.9. The van der Waals surface area contributed by atoms with Crippen molar-refractivity contribution in [2.24, 2.45) is 0 Å². The number of rotatable bonds is 17. The fourth-order valence-corrected chi connectivity index (χ4v) is 12.9. The number of anilines is 4. The number of carbonyl (C=O) groups is 6. The van der Waals surface area contributed by atoms with E-state index in [1.165, 1.54) is 29.0 Å². The van der Waals surface area contributed by atoms with Crippen LogP contribution < -0.4 is 35.8 Å². The van der Waals surface area contributed by atoms with Crippen molar-refractivity contribution in [2.45, 2.75) is 181 Å². The van der Waals surface area contributed by atoms with Crippen molar-refractivity contribution >= 4 is 58.6 Å². The highest BCUT2D eigenvalue weighted by atomic mass is 16.6. The number of hydrogen-bond donors (Lipinski definition) is 7. The predicted molar refractivity (Wildman–Crippen MR) is 360 cm³/mol. The van der Waals surface area contributed by atoms with Gasteiger partial charge in [0.15, 0.2) is 12.2 Å². The Kier molecular flexibility index (Phi) is 21.7. The maximum atomic E-state index is 13.7. The zero-order valence-electron chi connectivity index (χ0n) is 56.4. The van der Waals surface area contributed by atoms with Gasteiger partial charge in [0.2, 0.25) is 11.8 Å². The molecule has 7 heterocycles. The Hall–Kier alpha value is -8.77. The van der Waals surface area contributed by atoms with Crippen molar-refractivity contribution in [2.75, 3.05) is 85.9 Å². The zero-order valence-corrected chi connectivity index (χ0v) is 56.4. The molecule has 95 heavy (non-hydrogen) atoms. The molecule has 0 bridgehead atoms. The molecule has 24 nitrogen and oxygen atoms in total. The molecule has 0 spiro atoms. The molecule has 7 N–H and O–H groups in total. The Bertz CT molecular complexity index is 3560. The van der Waals surface area contributed by atoms with Crippen molar-refractivity contribution in [1.29, 1.82) is 0 Å². The second-order valence-corrected chi connectivity index (χ2v) is 28.0. The van der Waals surface area contributed by atoms with Crippen LogP contribution in [0.25, 0.3) is 0 Å². The van der Waals surface area contributed by atoms with Crippen molar-refractivity contribution in [1.82, 2.24) is 35.2 Å². The van der Waals surface area contributed by atoms with E-state index >= 15 is 0 Å². The summed E-state index contributed by atoms with van der Waals surface area (Å²) in [6, 6.07) is 21.2. The molecule has 4 saturated heterocycles. The van der Waals surface area contributed by atoms with E-state index in [1.54, 1.807) is 83.4 Å². The van der Waals surface area contributed by atoms with Gasteiger partial charge in [-0.25, -0.2) is 14.6 Å². The number of aliphatic hydroxyl groups excluding tert-OH is 2. The van der Waals surface area contributed by atoms with Crippen LogP contribution in [0.4, 0.5) is 32.3 Å². The van der Waals surface area contributed by atoms with Gasteiger partial charge in [-0.15, -0.1) is 0 Å². The van der Waals surface area contributed by atoms with Gasteiger partial charge < -0.3 is 74.8 Å². The van der Waals surface area contributed by atoms with Crippen LogP contribution in [0.15, 0.2) is 83.6 Å². The monoisotopic (exact) mass is 1310 g/mol. The number of aromatic nitrogens is 1. The number of carbonyl (C=O) groups excluding carboxylic acids is 6. The molecule has 4 atom stereocenters. The first-order chi connectivity index (χ1) is 45.2. The van der Waals surface area contributed by atoms with Crippen LogP contribution in [0.3, 0.4) is 0 Å². The molecule has 6 amide bonds. The molecular formula is C71H95N11O13. The first-order valence-electron chi connectivity index (χ1n) is 33.4. The van der Waals surface area contributed by atoms with E-state index in [0.29, 0.717) is 61.7 Å². The van der Waals surface area contributed by atoms with Crippen molar-refractivity contribution in [3.63, 3.8) is 0 Å². The van der Waals surface area contributed by atoms with Crippen LogP contribution in [-0.2, 0) is 51.6 Å². The first-order valence-corrected chi connectivity index (χ1v) is 33.4. The summed E-state index contributed by atoms with van der Waals surface area (Å²) in [5.74, 6) is 0.816. The highest BCUT2D eigenvalue weighted by Crippen LogP contribution is 2.34. The molecule has 4 fully saturated rings. The van der Waals surface area contributed by atoms with Gasteiger partial charge in [0, 0.05) is 126 Å². The summed E-state index contributed by atoms with van der Waals surface area (Å²) < 4.78 is 22.8. The van der Waals surface area contributed by atoms with Gasteiger partial charge in [-0.05, 0) is 183 Å². The Morgan fingerprint density at radius 3 is 1.45 bits per heavy atom. The Morgan fingerprint density at radius 1 is 0.589 bits per heavy atom. The number of amides is 6. The van der Waals surface area contributed by atoms with E-state index < -0.39 is 47.7 Å². The van der Waals surface area contributed by atoms with Crippen molar-refractivity contribution in [3.05, 3.63) is 124 Å². The lowest BCUT2D eigenvalue weighted by molar-refractivity contribution is -0.133. The second-order valence-electron chi connectivity index (χ2n) is 28.0. The van der Waals surface area contributed by atoms with E-state index in [9.17, 15) is 44.1 Å². The molecule has 0 saturated carbocycles. The number of fused-ring (bicyclic) bond motifs is 2. The third-order valence-corrected chi connectivity index (χ3v) is 18.2. The molecule has 0 unspecified atom stereocenters. The predicted octanol–water partition coefficient (Wildman–Crippen LogP) is 8.13. The SMILES string of the molecule is CC(=O)N1CC(Nc2cc(C(=O)NC[C@@H](O)[C@@H]3Cc4ccc(O)cc4CN3C(=O)OC(C)(C)C)cc(N3CCCCC3)c2)C1.CC(=O)N1CC(Nc2cc(C(=O)NC[C@@H](O)[C@@H]3Cc4ccc(OCc5ocnc5C)cc4CN3C(=O)OC(C)(C)C)cc(N3CCCCC3)c2)C1. The molecule has 6 aliphatic rings. The van der Waals surface area contributed by atoms with E-state index in [0.717, 1.165) is 103 Å². The highest BCUT2D eigenvalue weighted by molar-refractivity contribution is 5.97. The lowest BCUT2D eigenvalue weighted by Gasteiger charge is -2.40. The van der Waals surface area contributed by atoms with Gasteiger partial charge in [-0.2, -0.15) is 0 Å². The molecule has 0 aliphatic carbocycles. The summed E-state index contributed by atoms with van der Waals surface area (Å²) in [6.07, 6.45) is 5.61. The summed E-state index contributed by atoms with van der Waals surface area (Å²) in [7, 11) is 0. The minimum absolute atomic E-state index is 0.0494. The van der Waals surface area contributed by atoms with Crippen LogP contribution in [0.5, 0.6) is 11.5 Å². The largest absolute Gasteiger partial charge is 0.508 e. The summed E-state index contributed by atoms with van der Waals surface area (Å²) in [4.78, 5) is 92.5. The van der Waals surface area contributed by atoms with Gasteiger partial charge in [0.25, 0.3) is 11.8 Å². The quantitative estimate of drug-likeness (QED) is 0.0462. The molecule has 6 aliphatic heterocycles. The fourth-order valence-electron chi connectivity index (χ4n) is 12.9. The summed E-state index contributed by atoms with van der Waals surface area (Å²) in [6.45, 7) is 22.4. The van der Waals surface area contributed by atoms with E-state index in [-0.39, 0.29) is 74.2 Å². The summed E-state index contributed by atoms with van der Waals surface area (Å²) in [5.41, 5.74) is 7.36. The number of oxazole rings is 1. The minimum Gasteiger partial charge on any atom is -0.508 e. The first kappa shape index (κ1) is 69.1. The lowest BCUT2D eigenvalue weighted by atomic mass is 9.91. The van der Waals surface area contributed by atoms with Crippen LogP contribution in [0.2, 0.25) is 0 Å². The maximum absolute atomic E-state index is 13.7. The standard InChI is InChI=1S/C38H50N6O7.C33H45N5O6/c1-24-35(50-23-40-24)22-49-32-10-9-26-16-33(44(19-28(26)15-32)37(48)51-38(3,4)5)34(46)18-39-36(47)27-13-29(41-30-20-43(21-30)25(2)45)17-31(14-27)42-11-7-6-8-12-42;1-21(39)37-19-26(20-37)35-25-12-23(13-27(16-25)36-10-6-5-7-11-36)31(42)34-17-30(41)29-15-22-8-9-28(40)14-24(22)18-38(29)32(43)44-33(2,3)4/h9-10,13-15,17,23,30,33-34,41,46H,6-8,11-12,16,18-22H2,1-5H3,(H,39,47);8-9,12-14,16,26,29-30,35,40-41H,5-7,10-11,15,17-20H2,1-4H3,(H,34,42)/t33-,34+;29-,30+/m00/s1. The lowest BCUT2D eigenvalue weighted by Crippen LogP contribution is -2.56. The number of nitrogens with one attached hydrogen (secondary N) is 4. The van der Waals surface area contributed by atoms with E-state index in [1.807, 2.05) is 49.4 Å². The Morgan fingerprint density at radius 2 is 1.03 bits per heavy atom. The number of phenols is 1. The molecule has 0 radical (unpaired) electrons. The third kappa shape index (κ3) is 18.2. The Balaban J connectivity index is 0.000000209. The number of aliphatic hydroxyl groups is 2. The third-order valence-electron chi connectivity index (χ3n) is 18.2. The molecule has 512 valence electrons. The van der Waals surface area contributed by atoms with Crippen molar-refractivity contribution in [3.8, 4) is 11.5 Å². The van der Waals surface area contributed by atoms with Crippen LogP contribution >= 0.6 is 0 Å². The van der Waals surface area contributed by atoms with Gasteiger partial charge in [0.05, 0.1) is 42.1 Å². The van der Waals surface area contributed by atoms with Gasteiger partial charge >= 0.3 is 12.2 Å². The number of likely N-dealkylation sites (tertiary alicyclic amines) is 2. The van der Waals surface area contributed by atoms with Crippen molar-refractivity contribution < 1.29 is 62.7 Å². The number of phenolic OH excluding ortho intramolecular Hbond substituents is 1. The summed E-state index contributed by atoms with van der Waals surface area (Å²) in [5, 5.41) is 45.7. The molecule has 5 aromatic rings. The number of nitrogens with zero attached hydrogens (tertiary/aromatic N) is 7. The minimum atomic E-state index is -1.07. The smallest absolute Gasteiger partial charge is 0.410 e. The Labute approximate surface area is 556 Å².